The molecule has 0 radical (unpaired) electrons. The van der Waals surface area contributed by atoms with E-state index in [9.17, 15) is 8.42 Å². The number of nitrogens with one attached hydrogen (secondary N) is 2. The van der Waals surface area contributed by atoms with Crippen LogP contribution in [-0.4, -0.2) is 46.5 Å². The summed E-state index contributed by atoms with van der Waals surface area (Å²) in [4.78, 5) is 5.48. The SMILES string of the molecule is CN=C(NCCCS(C)(=O)=O)NCC(C)(C)c1cccs1.I. The van der Waals surface area contributed by atoms with E-state index in [0.29, 0.717) is 18.9 Å². The van der Waals surface area contributed by atoms with Gasteiger partial charge >= 0.3 is 0 Å². The van der Waals surface area contributed by atoms with Gasteiger partial charge in [0.15, 0.2) is 5.96 Å². The molecule has 1 aromatic rings. The Morgan fingerprint density at radius 3 is 2.55 bits per heavy atom. The first-order chi connectivity index (χ1) is 9.74. The first kappa shape index (κ1) is 21.6. The molecule has 0 saturated carbocycles. The molecule has 0 fully saturated rings. The lowest BCUT2D eigenvalue weighted by atomic mass is 9.91. The summed E-state index contributed by atoms with van der Waals surface area (Å²) in [6.07, 6.45) is 1.83. The Kier molecular flexibility index (Phi) is 9.56. The smallest absolute Gasteiger partial charge is 0.191 e. The fraction of sp³-hybridized carbons (Fsp3) is 0.643. The molecule has 0 aliphatic carbocycles. The van der Waals surface area contributed by atoms with Crippen LogP contribution in [0.25, 0.3) is 0 Å². The molecule has 2 N–H and O–H groups in total. The first-order valence-electron chi connectivity index (χ1n) is 6.91. The normalized spacial score (nSPS) is 12.6. The van der Waals surface area contributed by atoms with Gasteiger partial charge < -0.3 is 10.6 Å². The summed E-state index contributed by atoms with van der Waals surface area (Å²) in [5, 5.41) is 8.51. The van der Waals surface area contributed by atoms with E-state index in [1.807, 2.05) is 0 Å². The van der Waals surface area contributed by atoms with Gasteiger partial charge in [0, 0.05) is 36.7 Å². The molecule has 0 aliphatic rings. The van der Waals surface area contributed by atoms with Crippen molar-refractivity contribution in [3.05, 3.63) is 22.4 Å². The van der Waals surface area contributed by atoms with Crippen LogP contribution in [0.3, 0.4) is 0 Å². The topological polar surface area (TPSA) is 70.6 Å². The molecule has 128 valence electrons. The van der Waals surface area contributed by atoms with Crippen molar-refractivity contribution in [2.24, 2.45) is 4.99 Å². The van der Waals surface area contributed by atoms with Crippen LogP contribution < -0.4 is 10.6 Å². The maximum absolute atomic E-state index is 11.1. The molecule has 0 aliphatic heterocycles. The third-order valence-corrected chi connectivity index (χ3v) is 5.36. The maximum atomic E-state index is 11.1. The highest BCUT2D eigenvalue weighted by molar-refractivity contribution is 14.0. The van der Waals surface area contributed by atoms with Crippen molar-refractivity contribution in [3.63, 3.8) is 0 Å². The van der Waals surface area contributed by atoms with Gasteiger partial charge in [-0.2, -0.15) is 0 Å². The largest absolute Gasteiger partial charge is 0.356 e. The lowest BCUT2D eigenvalue weighted by Crippen LogP contribution is -2.43. The van der Waals surface area contributed by atoms with Gasteiger partial charge in [0.1, 0.15) is 9.84 Å². The molecule has 0 amide bonds. The quantitative estimate of drug-likeness (QED) is 0.284. The van der Waals surface area contributed by atoms with E-state index in [2.05, 4.69) is 47.0 Å². The predicted molar refractivity (Wildman–Crippen MR) is 106 cm³/mol. The highest BCUT2D eigenvalue weighted by Gasteiger charge is 2.21. The van der Waals surface area contributed by atoms with Crippen molar-refractivity contribution in [1.29, 1.82) is 0 Å². The van der Waals surface area contributed by atoms with Gasteiger partial charge in [-0.05, 0) is 17.9 Å². The molecule has 8 heteroatoms. The van der Waals surface area contributed by atoms with Crippen LogP contribution in [0.1, 0.15) is 25.1 Å². The van der Waals surface area contributed by atoms with Crippen molar-refractivity contribution in [3.8, 4) is 0 Å². The summed E-state index contributed by atoms with van der Waals surface area (Å²) in [6.45, 7) is 5.72. The third kappa shape index (κ3) is 8.33. The van der Waals surface area contributed by atoms with Gasteiger partial charge in [0.2, 0.25) is 0 Å². The number of hydrogen-bond acceptors (Lipinski definition) is 4. The van der Waals surface area contributed by atoms with Crippen LogP contribution in [0.5, 0.6) is 0 Å². The Hall–Kier alpha value is -0.350. The molecule has 1 rings (SSSR count). The van der Waals surface area contributed by atoms with Gasteiger partial charge in [0.25, 0.3) is 0 Å². The molecule has 1 heterocycles. The Bertz CT molecular complexity index is 555. The zero-order valence-electron chi connectivity index (χ0n) is 13.5. The third-order valence-electron chi connectivity index (χ3n) is 3.09. The van der Waals surface area contributed by atoms with Crippen LogP contribution in [0.4, 0.5) is 0 Å². The number of aliphatic imine (C=N–C) groups is 1. The lowest BCUT2D eigenvalue weighted by molar-refractivity contribution is 0.518. The molecule has 0 atom stereocenters. The summed E-state index contributed by atoms with van der Waals surface area (Å²) in [7, 11) is -1.18. The van der Waals surface area contributed by atoms with E-state index in [1.165, 1.54) is 11.1 Å². The second kappa shape index (κ2) is 9.71. The second-order valence-electron chi connectivity index (χ2n) is 5.70. The predicted octanol–water partition coefficient (Wildman–Crippen LogP) is 2.24. The number of guanidine groups is 1. The van der Waals surface area contributed by atoms with Crippen LogP contribution in [-0.2, 0) is 15.3 Å². The molecule has 0 aromatic carbocycles. The molecule has 22 heavy (non-hydrogen) atoms. The van der Waals surface area contributed by atoms with Crippen LogP contribution in [0.2, 0.25) is 0 Å². The Labute approximate surface area is 154 Å². The van der Waals surface area contributed by atoms with Crippen molar-refractivity contribution >= 4 is 51.1 Å². The van der Waals surface area contributed by atoms with Crippen molar-refractivity contribution in [1.82, 2.24) is 10.6 Å². The Balaban J connectivity index is 0.00000441. The monoisotopic (exact) mass is 459 g/mol. The molecular formula is C14H26IN3O2S2. The van der Waals surface area contributed by atoms with E-state index < -0.39 is 9.84 Å². The molecule has 1 aromatic heterocycles. The van der Waals surface area contributed by atoms with Gasteiger partial charge in [-0.1, -0.05) is 19.9 Å². The van der Waals surface area contributed by atoms with Crippen molar-refractivity contribution < 1.29 is 8.42 Å². The van der Waals surface area contributed by atoms with E-state index in [4.69, 9.17) is 0 Å². The number of hydrogen-bond donors (Lipinski definition) is 2. The molecule has 0 spiro atoms. The number of halogens is 1. The van der Waals surface area contributed by atoms with E-state index in [1.54, 1.807) is 18.4 Å². The van der Waals surface area contributed by atoms with Crippen LogP contribution >= 0.6 is 35.3 Å². The standard InChI is InChI=1S/C14H25N3O2S2.HI/c1-14(2,12-7-5-9-20-12)11-17-13(15-3)16-8-6-10-21(4,18)19;/h5,7,9H,6,8,10-11H2,1-4H3,(H2,15,16,17);1H. The molecular weight excluding hydrogens is 433 g/mol. The summed E-state index contributed by atoms with van der Waals surface area (Å²) < 4.78 is 22.1. The summed E-state index contributed by atoms with van der Waals surface area (Å²) in [5.74, 6) is 0.894. The maximum Gasteiger partial charge on any atom is 0.191 e. The Morgan fingerprint density at radius 2 is 2.05 bits per heavy atom. The van der Waals surface area contributed by atoms with Crippen LogP contribution in [0, 0.1) is 0 Å². The van der Waals surface area contributed by atoms with E-state index in [0.717, 1.165) is 6.54 Å². The number of rotatable bonds is 7. The van der Waals surface area contributed by atoms with Gasteiger partial charge in [0.05, 0.1) is 5.75 Å². The minimum absolute atomic E-state index is 0. The summed E-state index contributed by atoms with van der Waals surface area (Å²) in [5.41, 5.74) is 0.0263. The first-order valence-corrected chi connectivity index (χ1v) is 9.85. The number of thiophene rings is 1. The summed E-state index contributed by atoms with van der Waals surface area (Å²) in [6, 6.07) is 4.19. The minimum Gasteiger partial charge on any atom is -0.356 e. The van der Waals surface area contributed by atoms with Crippen LogP contribution in [0.15, 0.2) is 22.5 Å². The number of nitrogens with zero attached hydrogens (tertiary/aromatic N) is 1. The fourth-order valence-electron chi connectivity index (χ4n) is 1.82. The average molecular weight is 459 g/mol. The molecule has 5 nitrogen and oxygen atoms in total. The average Bonchev–Trinajstić information content (AvgIpc) is 2.91. The van der Waals surface area contributed by atoms with Gasteiger partial charge in [-0.15, -0.1) is 35.3 Å². The lowest BCUT2D eigenvalue weighted by Gasteiger charge is -2.25. The second-order valence-corrected chi connectivity index (χ2v) is 8.90. The zero-order chi connectivity index (χ0) is 15.9. The minimum atomic E-state index is -2.89. The van der Waals surface area contributed by atoms with E-state index in [-0.39, 0.29) is 35.1 Å². The van der Waals surface area contributed by atoms with Crippen molar-refractivity contribution in [2.75, 3.05) is 32.1 Å². The molecule has 0 saturated heterocycles. The number of sulfone groups is 1. The molecule has 0 unspecified atom stereocenters. The Morgan fingerprint density at radius 1 is 1.36 bits per heavy atom. The van der Waals surface area contributed by atoms with Gasteiger partial charge in [-0.25, -0.2) is 8.42 Å². The van der Waals surface area contributed by atoms with E-state index >= 15 is 0 Å². The summed E-state index contributed by atoms with van der Waals surface area (Å²) >= 11 is 1.75. The highest BCUT2D eigenvalue weighted by Crippen LogP contribution is 2.26. The van der Waals surface area contributed by atoms with Gasteiger partial charge in [-0.3, -0.25) is 4.99 Å². The molecule has 0 bridgehead atoms. The zero-order valence-corrected chi connectivity index (χ0v) is 17.5. The van der Waals surface area contributed by atoms with Crippen molar-refractivity contribution in [2.45, 2.75) is 25.7 Å². The fourth-order valence-corrected chi connectivity index (χ4v) is 3.34. The highest BCUT2D eigenvalue weighted by atomic mass is 127.